The first-order valence-electron chi connectivity index (χ1n) is 2.81. The van der Waals surface area contributed by atoms with Gasteiger partial charge in [0.2, 0.25) is 0 Å². The van der Waals surface area contributed by atoms with Crippen molar-refractivity contribution in [2.24, 2.45) is 5.92 Å². The molecule has 2 N–H and O–H groups in total. The first-order chi connectivity index (χ1) is 4.55. The monoisotopic (exact) mass is 248 g/mol. The van der Waals surface area contributed by atoms with E-state index in [1.54, 1.807) is 0 Å². The van der Waals surface area contributed by atoms with E-state index in [1.165, 1.54) is 20.9 Å². The van der Waals surface area contributed by atoms with Gasteiger partial charge in [0.1, 0.15) is 5.78 Å². The van der Waals surface area contributed by atoms with Crippen molar-refractivity contribution in [2.75, 3.05) is 7.05 Å². The second-order valence-corrected chi connectivity index (χ2v) is 1.70. The molecule has 0 radical (unpaired) electrons. The molecule has 68 valence electrons. The van der Waals surface area contributed by atoms with E-state index < -0.39 is 11.8 Å². The van der Waals surface area contributed by atoms with Crippen molar-refractivity contribution in [3.05, 3.63) is 18.9 Å². The third-order valence-electron chi connectivity index (χ3n) is 1.00. The fraction of sp³-hybridized carbons (Fsp3) is 0.571. The van der Waals surface area contributed by atoms with E-state index >= 15 is 0 Å². The average molecular weight is 248 g/mol. The molecule has 0 rings (SSSR count). The molecule has 1 unspecified atom stereocenters. The Kier molecular flexibility index (Phi) is 26.1. The third kappa shape index (κ3) is 12.8. The Morgan fingerprint density at radius 3 is 1.50 bits per heavy atom. The number of hydrogen-bond donors (Lipinski definition) is 0. The van der Waals surface area contributed by atoms with E-state index in [4.69, 9.17) is 11.5 Å². The molecule has 0 saturated carbocycles. The number of nitrogens with one attached hydrogen (secondary N) is 2. The number of carbonyl (C=O) groups is 2. The summed E-state index contributed by atoms with van der Waals surface area (Å²) in [5, 5.41) is 0. The fourth-order valence-electron chi connectivity index (χ4n) is 0.185. The predicted octanol–water partition coefficient (Wildman–Crippen LogP) is 1.91. The van der Waals surface area contributed by atoms with Gasteiger partial charge in [0.25, 0.3) is 0 Å². The van der Waals surface area contributed by atoms with Crippen molar-refractivity contribution in [1.82, 2.24) is 0 Å². The molecule has 0 saturated heterocycles. The van der Waals surface area contributed by atoms with E-state index in [0.29, 0.717) is 0 Å². The number of ketones is 1. The van der Waals surface area contributed by atoms with Crippen LogP contribution in [0.4, 0.5) is 0 Å². The maximum atomic E-state index is 10.2. The minimum absolute atomic E-state index is 0. The maximum Gasteiger partial charge on any atom is 3.00 e. The Bertz CT molecular complexity index is 115. The molecule has 4 nitrogen and oxygen atoms in total. The number of amides is 1. The molecule has 0 aromatic rings. The van der Waals surface area contributed by atoms with Gasteiger partial charge in [0.05, 0.1) is 11.8 Å². The van der Waals surface area contributed by atoms with Crippen molar-refractivity contribution in [3.63, 3.8) is 0 Å². The van der Waals surface area contributed by atoms with Gasteiger partial charge < -0.3 is 23.7 Å². The van der Waals surface area contributed by atoms with Crippen LogP contribution in [0.25, 0.3) is 11.5 Å². The molecule has 0 aliphatic carbocycles. The molecule has 5 heteroatoms. The molecule has 0 bridgehead atoms. The molecule has 1 amide bonds. The molecule has 1 atom stereocenters. The van der Waals surface area contributed by atoms with Crippen LogP contribution >= 0.6 is 0 Å². The van der Waals surface area contributed by atoms with E-state index in [-0.39, 0.29) is 45.9 Å². The van der Waals surface area contributed by atoms with Crippen molar-refractivity contribution in [2.45, 2.75) is 13.8 Å². The summed E-state index contributed by atoms with van der Waals surface area (Å²) in [4.78, 5) is 20.3. The molecule has 0 aliphatic heterocycles. The predicted molar refractivity (Wildman–Crippen MR) is 45.8 cm³/mol. The van der Waals surface area contributed by atoms with Crippen molar-refractivity contribution in [3.8, 4) is 0 Å². The summed E-state index contributed by atoms with van der Waals surface area (Å²) in [6, 6.07) is 0. The average Bonchev–Trinajstić information content (AvgIpc) is 1.90. The fourth-order valence-corrected chi connectivity index (χ4v) is 0.185. The van der Waals surface area contributed by atoms with Crippen LogP contribution in [0.1, 0.15) is 13.8 Å². The summed E-state index contributed by atoms with van der Waals surface area (Å²) < 4.78 is 0. The van der Waals surface area contributed by atoms with Gasteiger partial charge in [-0.1, -0.05) is 6.92 Å². The van der Waals surface area contributed by atoms with Gasteiger partial charge >= 0.3 is 32.7 Å². The first-order valence-corrected chi connectivity index (χ1v) is 2.81. The van der Waals surface area contributed by atoms with Crippen molar-refractivity contribution >= 4 is 11.7 Å². The standard InChI is InChI=1S/C5H9NO2.CH4N.CH3.Y/c1-3(4(2)7)5(6)8;1-2;;/h3H,1-2H3,(H2,6,8);2H,1H3;1H3;/q;2*-1;+3/p-1. The van der Waals surface area contributed by atoms with E-state index in [2.05, 4.69) is 0 Å². The quantitative estimate of drug-likeness (QED) is 0.552. The number of hydrogen-bond acceptors (Lipinski definition) is 2. The number of carbonyl (C=O) groups excluding carboxylic acids is 2. The molecule has 0 aliphatic rings. The van der Waals surface area contributed by atoms with Crippen LogP contribution in [-0.4, -0.2) is 18.7 Å². The van der Waals surface area contributed by atoms with Gasteiger partial charge in [0, 0.05) is 0 Å². The molecule has 0 heterocycles. The number of Topliss-reactive ketones (excluding diaryl/α,β-unsaturated/α-hetero) is 1. The van der Waals surface area contributed by atoms with Crippen LogP contribution in [0.15, 0.2) is 0 Å². The second-order valence-electron chi connectivity index (χ2n) is 1.70. The summed E-state index contributed by atoms with van der Waals surface area (Å²) >= 11 is 0. The smallest absolute Gasteiger partial charge is 0.680 e. The largest absolute Gasteiger partial charge is 3.00 e. The molecule has 0 fully saturated rings. The Morgan fingerprint density at radius 2 is 1.50 bits per heavy atom. The normalized spacial score (nSPS) is 9.00. The van der Waals surface area contributed by atoms with Gasteiger partial charge in [0.15, 0.2) is 0 Å². The molecule has 0 spiro atoms. The van der Waals surface area contributed by atoms with Gasteiger partial charge in [-0.05, 0) is 6.92 Å². The third-order valence-corrected chi connectivity index (χ3v) is 1.00. The summed E-state index contributed by atoms with van der Waals surface area (Å²) in [6.07, 6.45) is 0. The number of rotatable bonds is 2. The maximum absolute atomic E-state index is 10.2. The van der Waals surface area contributed by atoms with Crippen LogP contribution < -0.4 is 0 Å². The first kappa shape index (κ1) is 22.8. The van der Waals surface area contributed by atoms with Crippen LogP contribution in [0, 0.1) is 13.3 Å². The van der Waals surface area contributed by atoms with E-state index in [1.807, 2.05) is 0 Å². The summed E-state index contributed by atoms with van der Waals surface area (Å²) in [5.74, 6) is -1.79. The summed E-state index contributed by atoms with van der Waals surface area (Å²) in [6.45, 7) is 2.73. The Hall–Kier alpha value is 0.204. The zero-order chi connectivity index (χ0) is 8.73. The second kappa shape index (κ2) is 13.8. The SMILES string of the molecule is CC(=O)C(C)C([NH-])=O.C[NH-].[CH3-].[Y+3]. The summed E-state index contributed by atoms with van der Waals surface area (Å²) in [5.41, 5.74) is 12.2. The van der Waals surface area contributed by atoms with Gasteiger partial charge in [-0.15, -0.1) is 0 Å². The van der Waals surface area contributed by atoms with Crippen molar-refractivity contribution < 1.29 is 42.3 Å². The zero-order valence-corrected chi connectivity index (χ0v) is 10.8. The van der Waals surface area contributed by atoms with Crippen LogP contribution in [0.5, 0.6) is 0 Å². The molecular weight excluding hydrogens is 233 g/mol. The van der Waals surface area contributed by atoms with Crippen LogP contribution in [0.2, 0.25) is 0 Å². The molecule has 0 aromatic heterocycles. The van der Waals surface area contributed by atoms with Gasteiger partial charge in [-0.2, -0.15) is 7.05 Å². The van der Waals surface area contributed by atoms with E-state index in [0.717, 1.165) is 0 Å². The minimum atomic E-state index is -0.808. The van der Waals surface area contributed by atoms with Gasteiger partial charge in [-0.3, -0.25) is 4.79 Å². The van der Waals surface area contributed by atoms with Crippen LogP contribution in [0.3, 0.4) is 0 Å². The Morgan fingerprint density at radius 1 is 1.25 bits per heavy atom. The molecular formula is C7H15N2O2Y. The topological polar surface area (TPSA) is 81.7 Å². The van der Waals surface area contributed by atoms with Crippen LogP contribution in [-0.2, 0) is 42.3 Å². The Labute approximate surface area is 99.3 Å². The van der Waals surface area contributed by atoms with Gasteiger partial charge in [-0.25, -0.2) is 0 Å². The summed E-state index contributed by atoms with van der Waals surface area (Å²) in [7, 11) is 1.25. The van der Waals surface area contributed by atoms with Crippen molar-refractivity contribution in [1.29, 1.82) is 0 Å². The molecule has 12 heavy (non-hydrogen) atoms. The zero-order valence-electron chi connectivity index (χ0n) is 7.97. The Balaban J connectivity index is -0.0000000740. The molecule has 0 aromatic carbocycles. The van der Waals surface area contributed by atoms with E-state index in [9.17, 15) is 9.59 Å². The minimum Gasteiger partial charge on any atom is -0.680 e.